The lowest BCUT2D eigenvalue weighted by atomic mass is 10.1. The third-order valence-electron chi connectivity index (χ3n) is 3.07. The number of benzene rings is 1. The molecule has 0 saturated carbocycles. The minimum atomic E-state index is -1.16. The van der Waals surface area contributed by atoms with Gasteiger partial charge in [0.15, 0.2) is 6.29 Å². The van der Waals surface area contributed by atoms with Crippen LogP contribution < -0.4 is 4.74 Å². The third-order valence-corrected chi connectivity index (χ3v) is 3.07. The molecule has 1 saturated heterocycles. The summed E-state index contributed by atoms with van der Waals surface area (Å²) in [7, 11) is 1.59. The monoisotopic (exact) mass is 270 g/mol. The average molecular weight is 270 g/mol. The summed E-state index contributed by atoms with van der Waals surface area (Å²) >= 11 is 0. The van der Waals surface area contributed by atoms with E-state index >= 15 is 0 Å². The highest BCUT2D eigenvalue weighted by atomic mass is 16.7. The first-order valence-corrected chi connectivity index (χ1v) is 6.02. The molecule has 0 aromatic heterocycles. The van der Waals surface area contributed by atoms with Crippen molar-refractivity contribution in [1.29, 1.82) is 0 Å². The van der Waals surface area contributed by atoms with E-state index in [9.17, 15) is 10.2 Å². The molecule has 0 spiro atoms. The topological polar surface area (TPSA) is 88.4 Å². The van der Waals surface area contributed by atoms with Gasteiger partial charge in [-0.05, 0) is 17.7 Å². The van der Waals surface area contributed by atoms with Crippen molar-refractivity contribution in [2.75, 3.05) is 13.7 Å². The van der Waals surface area contributed by atoms with Crippen LogP contribution in [0.15, 0.2) is 24.3 Å². The zero-order valence-corrected chi connectivity index (χ0v) is 10.6. The highest BCUT2D eigenvalue weighted by Gasteiger charge is 2.42. The number of ether oxygens (including phenoxy) is 3. The van der Waals surface area contributed by atoms with Crippen molar-refractivity contribution in [3.8, 4) is 5.75 Å². The van der Waals surface area contributed by atoms with E-state index in [2.05, 4.69) is 0 Å². The molecule has 0 amide bonds. The summed E-state index contributed by atoms with van der Waals surface area (Å²) in [5.41, 5.74) is 0.888. The van der Waals surface area contributed by atoms with E-state index in [1.807, 2.05) is 12.1 Å². The van der Waals surface area contributed by atoms with Crippen molar-refractivity contribution >= 4 is 0 Å². The Kier molecular flexibility index (Phi) is 4.73. The molecule has 6 nitrogen and oxygen atoms in total. The Bertz CT molecular complexity index is 393. The molecule has 1 heterocycles. The normalized spacial score (nSPS) is 30.5. The Morgan fingerprint density at radius 1 is 1.16 bits per heavy atom. The van der Waals surface area contributed by atoms with Crippen LogP contribution in [0.5, 0.6) is 5.75 Å². The summed E-state index contributed by atoms with van der Waals surface area (Å²) in [6.07, 6.45) is -4.04. The molecule has 0 aliphatic carbocycles. The molecule has 1 aromatic carbocycles. The molecule has 6 heteroatoms. The van der Waals surface area contributed by atoms with Crippen molar-refractivity contribution in [3.05, 3.63) is 29.8 Å². The zero-order chi connectivity index (χ0) is 13.8. The number of hydrogen-bond donors (Lipinski definition) is 3. The van der Waals surface area contributed by atoms with Crippen molar-refractivity contribution in [2.24, 2.45) is 0 Å². The number of aliphatic hydroxyl groups is 3. The summed E-state index contributed by atoms with van der Waals surface area (Å²) in [5, 5.41) is 28.2. The van der Waals surface area contributed by atoms with Crippen LogP contribution in [0.4, 0.5) is 0 Å². The van der Waals surface area contributed by atoms with E-state index in [4.69, 9.17) is 19.3 Å². The van der Waals surface area contributed by atoms with Gasteiger partial charge in [0.1, 0.15) is 24.1 Å². The largest absolute Gasteiger partial charge is 0.497 e. The highest BCUT2D eigenvalue weighted by Crippen LogP contribution is 2.23. The molecule has 1 aromatic rings. The summed E-state index contributed by atoms with van der Waals surface area (Å²) in [5.74, 6) is 0.747. The van der Waals surface area contributed by atoms with Gasteiger partial charge in [-0.1, -0.05) is 12.1 Å². The van der Waals surface area contributed by atoms with Crippen LogP contribution >= 0.6 is 0 Å². The lowest BCUT2D eigenvalue weighted by Gasteiger charge is -2.15. The molecule has 3 N–H and O–H groups in total. The second kappa shape index (κ2) is 6.31. The van der Waals surface area contributed by atoms with Crippen LogP contribution in [-0.4, -0.2) is 53.6 Å². The first-order valence-electron chi connectivity index (χ1n) is 6.02. The summed E-state index contributed by atoms with van der Waals surface area (Å²) in [6, 6.07) is 7.27. The number of rotatable bonds is 5. The minimum absolute atomic E-state index is 0.233. The molecular weight excluding hydrogens is 252 g/mol. The van der Waals surface area contributed by atoms with Gasteiger partial charge >= 0.3 is 0 Å². The first kappa shape index (κ1) is 14.2. The van der Waals surface area contributed by atoms with Crippen LogP contribution in [0.3, 0.4) is 0 Å². The summed E-state index contributed by atoms with van der Waals surface area (Å²) in [4.78, 5) is 0. The quantitative estimate of drug-likeness (QED) is 0.678. The summed E-state index contributed by atoms with van der Waals surface area (Å²) < 4.78 is 15.6. The molecule has 4 atom stereocenters. The van der Waals surface area contributed by atoms with Crippen molar-refractivity contribution in [1.82, 2.24) is 0 Å². The van der Waals surface area contributed by atoms with Crippen molar-refractivity contribution in [3.63, 3.8) is 0 Å². The van der Waals surface area contributed by atoms with Gasteiger partial charge in [-0.15, -0.1) is 0 Å². The SMILES string of the molecule is COc1ccc(COC2O[C@H](CO)[C@@H](O)[C@H]2O)cc1. The molecule has 1 aliphatic heterocycles. The molecular formula is C13H18O6. The fraction of sp³-hybridized carbons (Fsp3) is 0.538. The second-order valence-corrected chi connectivity index (χ2v) is 4.37. The molecule has 1 aliphatic rings. The predicted molar refractivity (Wildman–Crippen MR) is 65.5 cm³/mol. The summed E-state index contributed by atoms with van der Waals surface area (Å²) in [6.45, 7) is -0.128. The lowest BCUT2D eigenvalue weighted by Crippen LogP contribution is -2.34. The van der Waals surface area contributed by atoms with E-state index in [1.165, 1.54) is 0 Å². The Hall–Kier alpha value is -1.18. The van der Waals surface area contributed by atoms with Gasteiger partial charge in [0, 0.05) is 0 Å². The second-order valence-electron chi connectivity index (χ2n) is 4.37. The van der Waals surface area contributed by atoms with Gasteiger partial charge in [0.2, 0.25) is 0 Å². The Balaban J connectivity index is 1.88. The Labute approximate surface area is 111 Å². The maximum Gasteiger partial charge on any atom is 0.187 e. The van der Waals surface area contributed by atoms with Gasteiger partial charge in [0.05, 0.1) is 20.3 Å². The fourth-order valence-electron chi connectivity index (χ4n) is 1.90. The van der Waals surface area contributed by atoms with Crippen molar-refractivity contribution in [2.45, 2.75) is 31.2 Å². The van der Waals surface area contributed by atoms with Gasteiger partial charge in [-0.3, -0.25) is 0 Å². The standard InChI is InChI=1S/C13H18O6/c1-17-9-4-2-8(3-5-9)7-18-13-12(16)11(15)10(6-14)19-13/h2-5,10-16H,6-7H2,1H3/t10-,11-,12-,13?/m1/s1. The number of hydrogen-bond acceptors (Lipinski definition) is 6. The van der Waals surface area contributed by atoms with Gasteiger partial charge < -0.3 is 29.5 Å². The zero-order valence-electron chi connectivity index (χ0n) is 10.6. The van der Waals surface area contributed by atoms with Crippen LogP contribution in [0.25, 0.3) is 0 Å². The molecule has 0 bridgehead atoms. The smallest absolute Gasteiger partial charge is 0.187 e. The first-order chi connectivity index (χ1) is 9.15. The average Bonchev–Trinajstić information content (AvgIpc) is 2.73. The number of methoxy groups -OCH3 is 1. The number of aliphatic hydroxyl groups excluding tert-OH is 3. The van der Waals surface area contributed by atoms with E-state index < -0.39 is 24.6 Å². The van der Waals surface area contributed by atoms with Gasteiger partial charge in [-0.2, -0.15) is 0 Å². The highest BCUT2D eigenvalue weighted by molar-refractivity contribution is 5.26. The maximum atomic E-state index is 9.69. The molecule has 2 rings (SSSR count). The molecule has 1 unspecified atom stereocenters. The van der Waals surface area contributed by atoms with Crippen LogP contribution in [0.1, 0.15) is 5.56 Å². The van der Waals surface area contributed by atoms with Gasteiger partial charge in [0.25, 0.3) is 0 Å². The molecule has 106 valence electrons. The van der Waals surface area contributed by atoms with Crippen molar-refractivity contribution < 1.29 is 29.5 Å². The third kappa shape index (κ3) is 3.23. The fourth-order valence-corrected chi connectivity index (χ4v) is 1.90. The van der Waals surface area contributed by atoms with Crippen LogP contribution in [0, 0.1) is 0 Å². The Morgan fingerprint density at radius 3 is 2.37 bits per heavy atom. The lowest BCUT2D eigenvalue weighted by molar-refractivity contribution is -0.175. The minimum Gasteiger partial charge on any atom is -0.497 e. The van der Waals surface area contributed by atoms with E-state index in [0.717, 1.165) is 11.3 Å². The maximum absolute atomic E-state index is 9.69. The molecule has 0 radical (unpaired) electrons. The van der Waals surface area contributed by atoms with E-state index in [1.54, 1.807) is 19.2 Å². The van der Waals surface area contributed by atoms with Crippen LogP contribution in [-0.2, 0) is 16.1 Å². The molecule has 19 heavy (non-hydrogen) atoms. The van der Waals surface area contributed by atoms with E-state index in [-0.39, 0.29) is 13.2 Å². The van der Waals surface area contributed by atoms with Crippen LogP contribution in [0.2, 0.25) is 0 Å². The Morgan fingerprint density at radius 2 is 1.84 bits per heavy atom. The molecule has 1 fully saturated rings. The van der Waals surface area contributed by atoms with Gasteiger partial charge in [-0.25, -0.2) is 0 Å². The predicted octanol–water partition coefficient (Wildman–Crippen LogP) is -0.349. The van der Waals surface area contributed by atoms with E-state index in [0.29, 0.717) is 0 Å².